The molecule has 0 fully saturated rings. The van der Waals surface area contributed by atoms with Crippen molar-refractivity contribution in [2.45, 2.75) is 26.8 Å². The minimum atomic E-state index is -0.461. The Kier molecular flexibility index (Phi) is 5.57. The molecule has 3 aromatic rings. The standard InChI is InChI=1S/C20H21ClFN3O/c1-13(2)11-25-12-14(16-4-3-8-23-19(16)25)7-9-24-20(26)17-6-5-15(22)10-18(17)21/h3-6,8,10,12-13H,7,9,11H2,1-2H3,(H,24,26). The molecule has 0 aliphatic rings. The van der Waals surface area contributed by atoms with Crippen molar-refractivity contribution >= 4 is 28.5 Å². The molecule has 0 bridgehead atoms. The number of nitrogens with zero attached hydrogens (tertiary/aromatic N) is 2. The summed E-state index contributed by atoms with van der Waals surface area (Å²) in [6, 6.07) is 7.73. The van der Waals surface area contributed by atoms with Gasteiger partial charge >= 0.3 is 0 Å². The van der Waals surface area contributed by atoms with Crippen LogP contribution >= 0.6 is 11.6 Å². The highest BCUT2D eigenvalue weighted by atomic mass is 35.5. The minimum absolute atomic E-state index is 0.111. The van der Waals surface area contributed by atoms with E-state index in [0.717, 1.165) is 29.2 Å². The van der Waals surface area contributed by atoms with Crippen LogP contribution in [0.25, 0.3) is 11.0 Å². The molecular formula is C20H21ClFN3O. The first-order valence-corrected chi connectivity index (χ1v) is 8.99. The number of carbonyl (C=O) groups is 1. The fourth-order valence-electron chi connectivity index (χ4n) is 3.01. The zero-order chi connectivity index (χ0) is 18.7. The van der Waals surface area contributed by atoms with E-state index in [-0.39, 0.29) is 16.5 Å². The molecule has 4 nitrogen and oxygen atoms in total. The average Bonchev–Trinajstić information content (AvgIpc) is 2.92. The van der Waals surface area contributed by atoms with Gasteiger partial charge in [-0.15, -0.1) is 0 Å². The van der Waals surface area contributed by atoms with Crippen LogP contribution in [0.5, 0.6) is 0 Å². The molecule has 2 aromatic heterocycles. The van der Waals surface area contributed by atoms with Gasteiger partial charge in [-0.3, -0.25) is 4.79 Å². The molecule has 0 aliphatic carbocycles. The first kappa shape index (κ1) is 18.4. The second kappa shape index (κ2) is 7.87. The highest BCUT2D eigenvalue weighted by molar-refractivity contribution is 6.33. The van der Waals surface area contributed by atoms with Gasteiger partial charge in [-0.05, 0) is 48.2 Å². The molecule has 1 N–H and O–H groups in total. The highest BCUT2D eigenvalue weighted by Crippen LogP contribution is 2.21. The lowest BCUT2D eigenvalue weighted by molar-refractivity contribution is 0.0954. The maximum Gasteiger partial charge on any atom is 0.252 e. The van der Waals surface area contributed by atoms with Crippen LogP contribution < -0.4 is 5.32 Å². The van der Waals surface area contributed by atoms with Crippen molar-refractivity contribution in [2.75, 3.05) is 6.54 Å². The molecule has 0 aliphatic heterocycles. The second-order valence-electron chi connectivity index (χ2n) is 6.71. The summed E-state index contributed by atoms with van der Waals surface area (Å²) in [5, 5.41) is 4.06. The molecule has 1 amide bonds. The zero-order valence-corrected chi connectivity index (χ0v) is 15.6. The smallest absolute Gasteiger partial charge is 0.252 e. The van der Waals surface area contributed by atoms with Crippen LogP contribution in [-0.4, -0.2) is 22.0 Å². The van der Waals surface area contributed by atoms with E-state index in [9.17, 15) is 9.18 Å². The lowest BCUT2D eigenvalue weighted by Gasteiger charge is -2.07. The second-order valence-corrected chi connectivity index (χ2v) is 7.11. The summed E-state index contributed by atoms with van der Waals surface area (Å²) < 4.78 is 15.3. The Bertz CT molecular complexity index is 936. The van der Waals surface area contributed by atoms with Crippen LogP contribution in [0.4, 0.5) is 4.39 Å². The summed E-state index contributed by atoms with van der Waals surface area (Å²) in [6.07, 6.45) is 4.58. The van der Waals surface area contributed by atoms with E-state index < -0.39 is 5.82 Å². The molecule has 136 valence electrons. The Morgan fingerprint density at radius 3 is 2.88 bits per heavy atom. The van der Waals surface area contributed by atoms with E-state index in [1.807, 2.05) is 12.1 Å². The normalized spacial score (nSPS) is 11.3. The Balaban J connectivity index is 1.71. The largest absolute Gasteiger partial charge is 0.352 e. The number of benzene rings is 1. The van der Waals surface area contributed by atoms with Gasteiger partial charge in [-0.1, -0.05) is 25.4 Å². The summed E-state index contributed by atoms with van der Waals surface area (Å²) in [5.41, 5.74) is 2.38. The number of aromatic nitrogens is 2. The first-order valence-electron chi connectivity index (χ1n) is 8.61. The van der Waals surface area contributed by atoms with Crippen molar-refractivity contribution in [3.8, 4) is 0 Å². The monoisotopic (exact) mass is 373 g/mol. The van der Waals surface area contributed by atoms with Crippen molar-refractivity contribution in [1.82, 2.24) is 14.9 Å². The quantitative estimate of drug-likeness (QED) is 0.693. The Labute approximate surface area is 157 Å². The number of nitrogens with one attached hydrogen (secondary N) is 1. The van der Waals surface area contributed by atoms with Crippen molar-refractivity contribution in [1.29, 1.82) is 0 Å². The zero-order valence-electron chi connectivity index (χ0n) is 14.8. The SMILES string of the molecule is CC(C)Cn1cc(CCNC(=O)c2ccc(F)cc2Cl)c2cccnc21. The maximum atomic E-state index is 13.1. The van der Waals surface area contributed by atoms with Crippen molar-refractivity contribution in [3.63, 3.8) is 0 Å². The molecule has 0 unspecified atom stereocenters. The van der Waals surface area contributed by atoms with Crippen LogP contribution in [0, 0.1) is 11.7 Å². The summed E-state index contributed by atoms with van der Waals surface area (Å²) in [7, 11) is 0. The van der Waals surface area contributed by atoms with E-state index >= 15 is 0 Å². The van der Waals surface area contributed by atoms with Crippen LogP contribution in [0.2, 0.25) is 5.02 Å². The fourth-order valence-corrected chi connectivity index (χ4v) is 3.26. The third kappa shape index (κ3) is 4.05. The molecule has 26 heavy (non-hydrogen) atoms. The summed E-state index contributed by atoms with van der Waals surface area (Å²) in [4.78, 5) is 16.7. The molecule has 2 heterocycles. The van der Waals surface area contributed by atoms with Crippen molar-refractivity contribution < 1.29 is 9.18 Å². The Hall–Kier alpha value is -2.40. The van der Waals surface area contributed by atoms with E-state index in [2.05, 4.69) is 34.9 Å². The van der Waals surface area contributed by atoms with E-state index in [1.165, 1.54) is 12.1 Å². The van der Waals surface area contributed by atoms with Gasteiger partial charge < -0.3 is 9.88 Å². The third-order valence-electron chi connectivity index (χ3n) is 4.13. The molecule has 0 saturated carbocycles. The number of carbonyl (C=O) groups excluding carboxylic acids is 1. The van der Waals surface area contributed by atoms with Crippen LogP contribution in [-0.2, 0) is 13.0 Å². The number of amides is 1. The lowest BCUT2D eigenvalue weighted by atomic mass is 10.1. The van der Waals surface area contributed by atoms with Gasteiger partial charge in [0, 0.05) is 30.9 Å². The Morgan fingerprint density at radius 1 is 1.35 bits per heavy atom. The van der Waals surface area contributed by atoms with Gasteiger partial charge in [0.2, 0.25) is 0 Å². The lowest BCUT2D eigenvalue weighted by Crippen LogP contribution is -2.26. The van der Waals surface area contributed by atoms with E-state index in [0.29, 0.717) is 18.9 Å². The fraction of sp³-hybridized carbons (Fsp3) is 0.300. The molecule has 6 heteroatoms. The van der Waals surface area contributed by atoms with Gasteiger partial charge in [-0.25, -0.2) is 9.37 Å². The van der Waals surface area contributed by atoms with Crippen LogP contribution in [0.1, 0.15) is 29.8 Å². The first-order chi connectivity index (χ1) is 12.5. The number of halogens is 2. The van der Waals surface area contributed by atoms with Gasteiger partial charge in [0.05, 0.1) is 10.6 Å². The molecular weight excluding hydrogens is 353 g/mol. The van der Waals surface area contributed by atoms with E-state index in [4.69, 9.17) is 11.6 Å². The number of hydrogen-bond acceptors (Lipinski definition) is 2. The number of fused-ring (bicyclic) bond motifs is 1. The van der Waals surface area contributed by atoms with Gasteiger partial charge in [0.25, 0.3) is 5.91 Å². The number of hydrogen-bond donors (Lipinski definition) is 1. The molecule has 0 saturated heterocycles. The Morgan fingerprint density at radius 2 is 2.15 bits per heavy atom. The summed E-state index contributed by atoms with van der Waals surface area (Å²) in [5.74, 6) is -0.253. The molecule has 0 radical (unpaired) electrons. The van der Waals surface area contributed by atoms with E-state index in [1.54, 1.807) is 6.20 Å². The average molecular weight is 374 g/mol. The number of pyridine rings is 1. The minimum Gasteiger partial charge on any atom is -0.352 e. The highest BCUT2D eigenvalue weighted by Gasteiger charge is 2.13. The third-order valence-corrected chi connectivity index (χ3v) is 4.45. The molecule has 1 aromatic carbocycles. The number of rotatable bonds is 6. The summed E-state index contributed by atoms with van der Waals surface area (Å²) >= 11 is 5.94. The van der Waals surface area contributed by atoms with Gasteiger partial charge in [0.1, 0.15) is 11.5 Å². The molecule has 3 rings (SSSR count). The molecule has 0 atom stereocenters. The van der Waals surface area contributed by atoms with Crippen molar-refractivity contribution in [2.24, 2.45) is 5.92 Å². The van der Waals surface area contributed by atoms with Gasteiger partial charge in [0.15, 0.2) is 0 Å². The van der Waals surface area contributed by atoms with Crippen molar-refractivity contribution in [3.05, 3.63) is 64.7 Å². The predicted molar refractivity (Wildman–Crippen MR) is 102 cm³/mol. The topological polar surface area (TPSA) is 46.9 Å². The predicted octanol–water partition coefficient (Wildman–Crippen LogP) is 4.46. The maximum absolute atomic E-state index is 13.1. The molecule has 0 spiro atoms. The van der Waals surface area contributed by atoms with Gasteiger partial charge in [-0.2, -0.15) is 0 Å². The van der Waals surface area contributed by atoms with Crippen LogP contribution in [0.3, 0.4) is 0 Å². The van der Waals surface area contributed by atoms with Crippen LogP contribution in [0.15, 0.2) is 42.7 Å². The summed E-state index contributed by atoms with van der Waals surface area (Å²) in [6.45, 7) is 5.69.